The number of rotatable bonds is 6. The van der Waals surface area contributed by atoms with E-state index in [0.29, 0.717) is 18.1 Å². The molecule has 0 spiro atoms. The lowest BCUT2D eigenvalue weighted by molar-refractivity contribution is 0.0887. The molecule has 1 atom stereocenters. The Morgan fingerprint density at radius 2 is 1.64 bits per heavy atom. The zero-order valence-corrected chi connectivity index (χ0v) is 15.4. The summed E-state index contributed by atoms with van der Waals surface area (Å²) < 4.78 is 20.1. The average molecular weight is 340 g/mol. The second-order valence-corrected chi connectivity index (χ2v) is 7.15. The Labute approximate surface area is 151 Å². The first kappa shape index (κ1) is 18.1. The molecule has 2 aromatic carbocycles. The average Bonchev–Trinajstić information content (AvgIpc) is 2.67. The number of benzene rings is 2. The maximum atomic E-state index is 14.2. The molecule has 0 N–H and O–H groups in total. The van der Waals surface area contributed by atoms with Crippen molar-refractivity contribution in [2.24, 2.45) is 5.92 Å². The van der Waals surface area contributed by atoms with Gasteiger partial charge in [0.25, 0.3) is 0 Å². The van der Waals surface area contributed by atoms with Gasteiger partial charge in [-0.25, -0.2) is 4.39 Å². The molecule has 0 aliphatic heterocycles. The smallest absolute Gasteiger partial charge is 0.129 e. The van der Waals surface area contributed by atoms with Crippen LogP contribution in [0.1, 0.15) is 74.7 Å². The van der Waals surface area contributed by atoms with Crippen LogP contribution in [-0.4, -0.2) is 6.61 Å². The molecule has 134 valence electrons. The van der Waals surface area contributed by atoms with E-state index in [2.05, 4.69) is 31.2 Å². The standard InChI is InChI=1S/C23H29FO/c1-3-17-9-11-18(12-10-17)19-13-15-20(16-14-19)23(25-4-2)21-7-5-6-8-22(21)24/h5-8,13-18,23H,3-4,9-12H2,1-2H3. The Morgan fingerprint density at radius 3 is 2.24 bits per heavy atom. The summed E-state index contributed by atoms with van der Waals surface area (Å²) in [5, 5.41) is 0. The monoisotopic (exact) mass is 340 g/mol. The predicted octanol–water partition coefficient (Wildman–Crippen LogP) is 6.64. The summed E-state index contributed by atoms with van der Waals surface area (Å²) in [6, 6.07) is 15.6. The van der Waals surface area contributed by atoms with Crippen molar-refractivity contribution in [3.05, 3.63) is 71.0 Å². The first-order valence-electron chi connectivity index (χ1n) is 9.68. The molecular formula is C23H29FO. The number of halogens is 1. The van der Waals surface area contributed by atoms with Gasteiger partial charge in [0.05, 0.1) is 0 Å². The van der Waals surface area contributed by atoms with Crippen molar-refractivity contribution in [1.29, 1.82) is 0 Å². The molecule has 1 saturated carbocycles. The van der Waals surface area contributed by atoms with Gasteiger partial charge in [0, 0.05) is 12.2 Å². The van der Waals surface area contributed by atoms with Gasteiger partial charge in [0.15, 0.2) is 0 Å². The normalized spacial score (nSPS) is 21.9. The Morgan fingerprint density at radius 1 is 0.960 bits per heavy atom. The zero-order valence-electron chi connectivity index (χ0n) is 15.4. The second-order valence-electron chi connectivity index (χ2n) is 7.15. The van der Waals surface area contributed by atoms with Crippen molar-refractivity contribution in [3.8, 4) is 0 Å². The summed E-state index contributed by atoms with van der Waals surface area (Å²) in [5.74, 6) is 1.39. The highest BCUT2D eigenvalue weighted by atomic mass is 19.1. The third-order valence-electron chi connectivity index (χ3n) is 5.66. The molecule has 0 amide bonds. The minimum absolute atomic E-state index is 0.206. The fraction of sp³-hybridized carbons (Fsp3) is 0.478. The predicted molar refractivity (Wildman–Crippen MR) is 101 cm³/mol. The summed E-state index contributed by atoms with van der Waals surface area (Å²) in [6.07, 6.45) is 6.25. The first-order valence-corrected chi connectivity index (χ1v) is 9.68. The van der Waals surface area contributed by atoms with Crippen LogP contribution in [0.4, 0.5) is 4.39 Å². The quantitative estimate of drug-likeness (QED) is 0.573. The lowest BCUT2D eigenvalue weighted by atomic mass is 9.77. The van der Waals surface area contributed by atoms with Crippen LogP contribution in [0.3, 0.4) is 0 Å². The summed E-state index contributed by atoms with van der Waals surface area (Å²) in [5.41, 5.74) is 3.06. The fourth-order valence-corrected chi connectivity index (χ4v) is 4.07. The van der Waals surface area contributed by atoms with Crippen molar-refractivity contribution in [3.63, 3.8) is 0 Å². The van der Waals surface area contributed by atoms with Crippen LogP contribution in [0.25, 0.3) is 0 Å². The number of hydrogen-bond donors (Lipinski definition) is 0. The van der Waals surface area contributed by atoms with Crippen LogP contribution in [0, 0.1) is 11.7 Å². The van der Waals surface area contributed by atoms with Gasteiger partial charge in [0.1, 0.15) is 11.9 Å². The van der Waals surface area contributed by atoms with Gasteiger partial charge in [0.2, 0.25) is 0 Å². The Balaban J connectivity index is 1.77. The molecule has 2 aromatic rings. The summed E-state index contributed by atoms with van der Waals surface area (Å²) >= 11 is 0. The van der Waals surface area contributed by atoms with Crippen LogP contribution in [0.5, 0.6) is 0 Å². The third kappa shape index (κ3) is 4.30. The highest BCUT2D eigenvalue weighted by Crippen LogP contribution is 2.37. The Bertz CT molecular complexity index is 656. The fourth-order valence-electron chi connectivity index (χ4n) is 4.07. The first-order chi connectivity index (χ1) is 12.2. The SMILES string of the molecule is CCOC(c1ccc(C2CCC(CC)CC2)cc1)c1ccccc1F. The molecule has 2 heteroatoms. The van der Waals surface area contributed by atoms with Gasteiger partial charge < -0.3 is 4.74 Å². The van der Waals surface area contributed by atoms with Crippen molar-refractivity contribution in [2.75, 3.05) is 6.61 Å². The van der Waals surface area contributed by atoms with Crippen LogP contribution in [0.15, 0.2) is 48.5 Å². The molecule has 0 bridgehead atoms. The molecule has 1 aliphatic rings. The molecule has 3 rings (SSSR count). The number of ether oxygens (including phenoxy) is 1. The van der Waals surface area contributed by atoms with Crippen LogP contribution in [0.2, 0.25) is 0 Å². The van der Waals surface area contributed by atoms with Crippen molar-refractivity contribution in [1.82, 2.24) is 0 Å². The van der Waals surface area contributed by atoms with Gasteiger partial charge in [-0.2, -0.15) is 0 Å². The van der Waals surface area contributed by atoms with Crippen molar-refractivity contribution >= 4 is 0 Å². The van der Waals surface area contributed by atoms with Crippen LogP contribution in [-0.2, 0) is 4.74 Å². The maximum Gasteiger partial charge on any atom is 0.129 e. The Hall–Kier alpha value is -1.67. The van der Waals surface area contributed by atoms with Gasteiger partial charge >= 0.3 is 0 Å². The van der Waals surface area contributed by atoms with Gasteiger partial charge in [-0.3, -0.25) is 0 Å². The highest BCUT2D eigenvalue weighted by molar-refractivity contribution is 5.34. The Kier molecular flexibility index (Phi) is 6.25. The summed E-state index contributed by atoms with van der Waals surface area (Å²) in [7, 11) is 0. The van der Waals surface area contributed by atoms with E-state index in [1.165, 1.54) is 43.7 Å². The largest absolute Gasteiger partial charge is 0.369 e. The molecule has 1 unspecified atom stereocenters. The number of hydrogen-bond acceptors (Lipinski definition) is 1. The highest BCUT2D eigenvalue weighted by Gasteiger charge is 2.22. The van der Waals surface area contributed by atoms with Crippen molar-refractivity contribution < 1.29 is 9.13 Å². The van der Waals surface area contributed by atoms with Gasteiger partial charge in [-0.05, 0) is 61.6 Å². The molecule has 0 saturated heterocycles. The molecule has 1 fully saturated rings. The lowest BCUT2D eigenvalue weighted by Crippen LogP contribution is -2.13. The van der Waals surface area contributed by atoms with E-state index in [4.69, 9.17) is 4.74 Å². The van der Waals surface area contributed by atoms with E-state index >= 15 is 0 Å². The van der Waals surface area contributed by atoms with Gasteiger partial charge in [-0.15, -0.1) is 0 Å². The van der Waals surface area contributed by atoms with Gasteiger partial charge in [-0.1, -0.05) is 55.8 Å². The molecule has 1 nitrogen and oxygen atoms in total. The minimum atomic E-state index is -0.337. The second kappa shape index (κ2) is 8.62. The van der Waals surface area contributed by atoms with Crippen molar-refractivity contribution in [2.45, 2.75) is 58.0 Å². The summed E-state index contributed by atoms with van der Waals surface area (Å²) in [6.45, 7) is 4.81. The molecule has 0 radical (unpaired) electrons. The van der Waals surface area contributed by atoms with E-state index in [1.54, 1.807) is 6.07 Å². The zero-order chi connectivity index (χ0) is 17.6. The van der Waals surface area contributed by atoms with E-state index in [0.717, 1.165) is 11.5 Å². The third-order valence-corrected chi connectivity index (χ3v) is 5.66. The maximum absolute atomic E-state index is 14.2. The van der Waals surface area contributed by atoms with E-state index in [-0.39, 0.29) is 11.9 Å². The summed E-state index contributed by atoms with van der Waals surface area (Å²) in [4.78, 5) is 0. The van der Waals surface area contributed by atoms with E-state index in [9.17, 15) is 4.39 Å². The minimum Gasteiger partial charge on any atom is -0.369 e. The van der Waals surface area contributed by atoms with Crippen LogP contribution < -0.4 is 0 Å². The molecule has 0 aromatic heterocycles. The lowest BCUT2D eigenvalue weighted by Gasteiger charge is -2.28. The molecule has 1 aliphatic carbocycles. The molecular weight excluding hydrogens is 311 g/mol. The molecule has 25 heavy (non-hydrogen) atoms. The van der Waals surface area contributed by atoms with Crippen LogP contribution >= 0.6 is 0 Å². The van der Waals surface area contributed by atoms with E-state index in [1.807, 2.05) is 19.1 Å². The van der Waals surface area contributed by atoms with E-state index < -0.39 is 0 Å². The molecule has 0 heterocycles. The topological polar surface area (TPSA) is 9.23 Å².